The minimum atomic E-state index is -1.23. The van der Waals surface area contributed by atoms with Crippen molar-refractivity contribution in [3.63, 3.8) is 0 Å². The third kappa shape index (κ3) is 4.95. The van der Waals surface area contributed by atoms with Crippen molar-refractivity contribution in [2.24, 2.45) is 5.92 Å². The molecule has 8 nitrogen and oxygen atoms in total. The van der Waals surface area contributed by atoms with Gasteiger partial charge in [0.25, 0.3) is 5.91 Å². The van der Waals surface area contributed by atoms with Crippen LogP contribution in [0.3, 0.4) is 0 Å². The summed E-state index contributed by atoms with van der Waals surface area (Å²) < 4.78 is 5.17. The number of amides is 4. The van der Waals surface area contributed by atoms with Crippen molar-refractivity contribution in [1.82, 2.24) is 20.4 Å². The lowest BCUT2D eigenvalue weighted by Crippen LogP contribution is -2.46. The average molecular weight is 485 g/mol. The lowest BCUT2D eigenvalue weighted by atomic mass is 9.92. The highest BCUT2D eigenvalue weighted by Crippen LogP contribution is 2.31. The van der Waals surface area contributed by atoms with Gasteiger partial charge in [-0.05, 0) is 67.9 Å². The first-order chi connectivity index (χ1) is 16.3. The number of piperidine rings is 1. The molecule has 2 aliphatic rings. The fourth-order valence-electron chi connectivity index (χ4n) is 4.60. The number of hydrogen-bond donors (Lipinski definition) is 2. The molecule has 0 radical (unpaired) electrons. The Morgan fingerprint density at radius 1 is 1.24 bits per heavy atom. The van der Waals surface area contributed by atoms with Gasteiger partial charge in [-0.1, -0.05) is 25.1 Å². The molecule has 2 fully saturated rings. The highest BCUT2D eigenvalue weighted by atomic mass is 32.1. The van der Waals surface area contributed by atoms with E-state index in [2.05, 4.69) is 28.5 Å². The largest absolute Gasteiger partial charge is 0.497 e. The van der Waals surface area contributed by atoms with Gasteiger partial charge in [0.1, 0.15) is 17.8 Å². The molecule has 2 aromatic rings. The quantitative estimate of drug-likeness (QED) is 0.562. The normalized spacial score (nSPS) is 22.5. The number of ether oxygens (including phenoxy) is 1. The summed E-state index contributed by atoms with van der Waals surface area (Å²) in [6, 6.07) is 10.6. The van der Waals surface area contributed by atoms with Gasteiger partial charge in [0.2, 0.25) is 5.91 Å². The van der Waals surface area contributed by atoms with Gasteiger partial charge in [-0.3, -0.25) is 19.4 Å². The van der Waals surface area contributed by atoms with Gasteiger partial charge >= 0.3 is 6.03 Å². The van der Waals surface area contributed by atoms with Gasteiger partial charge in [-0.25, -0.2) is 4.79 Å². The summed E-state index contributed by atoms with van der Waals surface area (Å²) >= 11 is 1.68. The molecule has 2 aliphatic heterocycles. The molecule has 0 saturated carbocycles. The number of nitrogens with one attached hydrogen (secondary N) is 2. The second-order valence-electron chi connectivity index (χ2n) is 9.23. The van der Waals surface area contributed by atoms with E-state index in [1.807, 2.05) is 11.4 Å². The van der Waals surface area contributed by atoms with Crippen LogP contribution in [0.25, 0.3) is 0 Å². The van der Waals surface area contributed by atoms with E-state index >= 15 is 0 Å². The van der Waals surface area contributed by atoms with Crippen molar-refractivity contribution in [3.05, 3.63) is 52.2 Å². The Morgan fingerprint density at radius 3 is 2.56 bits per heavy atom. The Kier molecular flexibility index (Phi) is 7.23. The first kappa shape index (κ1) is 24.2. The molecule has 4 amide bonds. The van der Waals surface area contributed by atoms with Crippen molar-refractivity contribution < 1.29 is 19.1 Å². The number of urea groups is 1. The Labute approximate surface area is 204 Å². The van der Waals surface area contributed by atoms with E-state index in [9.17, 15) is 14.4 Å². The minimum Gasteiger partial charge on any atom is -0.497 e. The molecule has 0 aliphatic carbocycles. The van der Waals surface area contributed by atoms with Crippen LogP contribution in [0.15, 0.2) is 41.8 Å². The maximum Gasteiger partial charge on any atom is 0.325 e. The smallest absolute Gasteiger partial charge is 0.325 e. The third-order valence-corrected chi connectivity index (χ3v) is 7.84. The first-order valence-corrected chi connectivity index (χ1v) is 12.5. The summed E-state index contributed by atoms with van der Waals surface area (Å²) in [7, 11) is 1.56. The molecule has 1 aromatic carbocycles. The summed E-state index contributed by atoms with van der Waals surface area (Å²) in [6.45, 7) is 6.03. The van der Waals surface area contributed by atoms with Crippen molar-refractivity contribution >= 4 is 29.2 Å². The second kappa shape index (κ2) is 10.1. The molecule has 182 valence electrons. The van der Waals surface area contributed by atoms with Gasteiger partial charge in [0.15, 0.2) is 0 Å². The van der Waals surface area contributed by atoms with Crippen LogP contribution in [0.4, 0.5) is 4.79 Å². The summed E-state index contributed by atoms with van der Waals surface area (Å²) in [5.74, 6) is 0.574. The standard InChI is InChI=1S/C25H32N4O4S/c1-17-10-12-28(13-11-17)20(21-5-4-14-34-21)15-26-22(30)16-29-23(31)25(2,27-24(29)32)18-6-8-19(33-3)9-7-18/h4-9,14,17,20H,10-13,15-16H2,1-3H3,(H,26,30)(H,27,32). The predicted octanol–water partition coefficient (Wildman–Crippen LogP) is 3.11. The van der Waals surface area contributed by atoms with Gasteiger partial charge in [-0.2, -0.15) is 0 Å². The highest BCUT2D eigenvalue weighted by molar-refractivity contribution is 7.10. The van der Waals surface area contributed by atoms with Crippen LogP contribution in [0.2, 0.25) is 0 Å². The SMILES string of the molecule is COc1ccc(C2(C)NC(=O)N(CC(=O)NCC(c3cccs3)N3CCC(C)CC3)C2=O)cc1. The summed E-state index contributed by atoms with van der Waals surface area (Å²) in [6.07, 6.45) is 2.28. The zero-order chi connectivity index (χ0) is 24.3. The Morgan fingerprint density at radius 2 is 1.94 bits per heavy atom. The molecule has 34 heavy (non-hydrogen) atoms. The summed E-state index contributed by atoms with van der Waals surface area (Å²) in [5.41, 5.74) is -0.597. The number of benzene rings is 1. The molecule has 0 spiro atoms. The van der Waals surface area contributed by atoms with Crippen molar-refractivity contribution in [2.75, 3.05) is 33.3 Å². The van der Waals surface area contributed by atoms with Crippen molar-refractivity contribution in [3.8, 4) is 5.75 Å². The summed E-state index contributed by atoms with van der Waals surface area (Å²) in [5, 5.41) is 7.75. The number of rotatable bonds is 8. The molecule has 2 N–H and O–H groups in total. The van der Waals surface area contributed by atoms with Crippen LogP contribution in [0, 0.1) is 5.92 Å². The van der Waals surface area contributed by atoms with E-state index in [1.54, 1.807) is 49.6 Å². The molecule has 2 atom stereocenters. The molecule has 1 aromatic heterocycles. The Balaban J connectivity index is 1.39. The molecule has 2 saturated heterocycles. The number of carbonyl (C=O) groups is 3. The number of carbonyl (C=O) groups excluding carboxylic acids is 3. The Hall–Kier alpha value is -2.91. The van der Waals surface area contributed by atoms with E-state index in [1.165, 1.54) is 4.88 Å². The van der Waals surface area contributed by atoms with E-state index in [0.29, 0.717) is 17.9 Å². The molecule has 0 bridgehead atoms. The van der Waals surface area contributed by atoms with E-state index in [4.69, 9.17) is 4.74 Å². The number of hydrogen-bond acceptors (Lipinski definition) is 6. The fraction of sp³-hybridized carbons (Fsp3) is 0.480. The van der Waals surface area contributed by atoms with Crippen LogP contribution in [0.1, 0.15) is 43.2 Å². The maximum atomic E-state index is 13.2. The average Bonchev–Trinajstić information content (AvgIpc) is 3.44. The van der Waals surface area contributed by atoms with Crippen molar-refractivity contribution in [1.29, 1.82) is 0 Å². The van der Waals surface area contributed by atoms with Gasteiger partial charge in [0.05, 0.1) is 13.2 Å². The van der Waals surface area contributed by atoms with Crippen molar-refractivity contribution in [2.45, 2.75) is 38.3 Å². The zero-order valence-electron chi connectivity index (χ0n) is 19.9. The van der Waals surface area contributed by atoms with Crippen LogP contribution in [-0.4, -0.2) is 60.9 Å². The molecule has 9 heteroatoms. The number of likely N-dealkylation sites (tertiary alicyclic amines) is 1. The maximum absolute atomic E-state index is 13.2. The first-order valence-electron chi connectivity index (χ1n) is 11.6. The monoisotopic (exact) mass is 484 g/mol. The van der Waals surface area contributed by atoms with Crippen LogP contribution < -0.4 is 15.4 Å². The molecule has 4 rings (SSSR count). The van der Waals surface area contributed by atoms with Gasteiger partial charge in [0, 0.05) is 11.4 Å². The zero-order valence-corrected chi connectivity index (χ0v) is 20.7. The van der Waals surface area contributed by atoms with Crippen LogP contribution in [0.5, 0.6) is 5.75 Å². The Bertz CT molecular complexity index is 1020. The van der Waals surface area contributed by atoms with Gasteiger partial charge in [-0.15, -0.1) is 11.3 Å². The predicted molar refractivity (Wildman–Crippen MR) is 131 cm³/mol. The molecular formula is C25H32N4O4S. The van der Waals surface area contributed by atoms with E-state index in [-0.39, 0.29) is 18.5 Å². The lowest BCUT2D eigenvalue weighted by molar-refractivity contribution is -0.134. The lowest BCUT2D eigenvalue weighted by Gasteiger charge is -2.36. The fourth-order valence-corrected chi connectivity index (χ4v) is 5.46. The summed E-state index contributed by atoms with van der Waals surface area (Å²) in [4.78, 5) is 43.2. The van der Waals surface area contributed by atoms with E-state index < -0.39 is 17.5 Å². The van der Waals surface area contributed by atoms with Crippen LogP contribution >= 0.6 is 11.3 Å². The molecular weight excluding hydrogens is 452 g/mol. The van der Waals surface area contributed by atoms with Gasteiger partial charge < -0.3 is 15.4 Å². The number of methoxy groups -OCH3 is 1. The number of nitrogens with zero attached hydrogens (tertiary/aromatic N) is 2. The van der Waals surface area contributed by atoms with E-state index in [0.717, 1.165) is 36.7 Å². The van der Waals surface area contributed by atoms with Crippen LogP contribution in [-0.2, 0) is 15.1 Å². The minimum absolute atomic E-state index is 0.0871. The molecule has 2 unspecified atom stereocenters. The second-order valence-corrected chi connectivity index (χ2v) is 10.2. The highest BCUT2D eigenvalue weighted by Gasteiger charge is 2.49. The number of thiophene rings is 1. The number of imide groups is 1. The third-order valence-electron chi connectivity index (χ3n) is 6.87. The molecule has 3 heterocycles. The topological polar surface area (TPSA) is 91.0 Å².